The monoisotopic (exact) mass is 202 g/mol. The summed E-state index contributed by atoms with van der Waals surface area (Å²) in [7, 11) is 0. The summed E-state index contributed by atoms with van der Waals surface area (Å²) in [5.74, 6) is 0.333. The molecule has 0 saturated carbocycles. The molecule has 1 heterocycles. The van der Waals surface area contributed by atoms with E-state index in [2.05, 4.69) is 15.3 Å². The Morgan fingerprint density at radius 3 is 2.27 bits per heavy atom. The van der Waals surface area contributed by atoms with E-state index in [1.165, 1.54) is 4.68 Å². The number of rotatable bonds is 2. The van der Waals surface area contributed by atoms with Crippen LogP contribution in [-0.4, -0.2) is 21.1 Å². The summed E-state index contributed by atoms with van der Waals surface area (Å²) >= 11 is 0. The van der Waals surface area contributed by atoms with Crippen molar-refractivity contribution in [2.75, 3.05) is 11.5 Å². The fraction of sp³-hybridized carbons (Fsp3) is 0. The average molecular weight is 202 g/mol. The molecule has 0 radical (unpaired) electrons. The highest BCUT2D eigenvalue weighted by molar-refractivity contribution is 5.79. The highest BCUT2D eigenvalue weighted by Gasteiger charge is 2.02. The fourth-order valence-corrected chi connectivity index (χ4v) is 1.09. The molecule has 4 N–H and O–H groups in total. The van der Waals surface area contributed by atoms with E-state index in [4.69, 9.17) is 11.5 Å². The SMILES string of the molecule is Nc1nnc(N)n1/N=C/c1ccccc1. The van der Waals surface area contributed by atoms with Crippen LogP contribution in [0.15, 0.2) is 35.4 Å². The standard InChI is InChI=1S/C9H10N6/c10-8-13-14-9(11)15(8)12-6-7-4-2-1-3-5-7/h1-6H,(H2,10,13)(H2,11,14)/b12-6+. The predicted molar refractivity (Wildman–Crippen MR) is 58.3 cm³/mol. The first-order chi connectivity index (χ1) is 7.27. The minimum Gasteiger partial charge on any atom is -0.366 e. The fourth-order valence-electron chi connectivity index (χ4n) is 1.09. The zero-order chi connectivity index (χ0) is 10.7. The van der Waals surface area contributed by atoms with E-state index in [0.717, 1.165) is 5.56 Å². The molecular weight excluding hydrogens is 192 g/mol. The Bertz CT molecular complexity index is 453. The quantitative estimate of drug-likeness (QED) is 0.686. The zero-order valence-corrected chi connectivity index (χ0v) is 7.91. The summed E-state index contributed by atoms with van der Waals surface area (Å²) in [4.78, 5) is 0. The van der Waals surface area contributed by atoms with Crippen LogP contribution in [0.4, 0.5) is 11.9 Å². The smallest absolute Gasteiger partial charge is 0.244 e. The molecule has 0 saturated heterocycles. The lowest BCUT2D eigenvalue weighted by atomic mass is 10.2. The van der Waals surface area contributed by atoms with Crippen LogP contribution in [0.3, 0.4) is 0 Å². The van der Waals surface area contributed by atoms with E-state index in [1.54, 1.807) is 6.21 Å². The second-order valence-electron chi connectivity index (χ2n) is 2.88. The predicted octanol–water partition coefficient (Wildman–Crippen LogP) is 0.325. The molecule has 0 amide bonds. The Balaban J connectivity index is 2.26. The number of hydrogen-bond acceptors (Lipinski definition) is 5. The second-order valence-corrected chi connectivity index (χ2v) is 2.88. The van der Waals surface area contributed by atoms with Gasteiger partial charge in [-0.25, -0.2) is 0 Å². The third kappa shape index (κ3) is 1.93. The highest BCUT2D eigenvalue weighted by Crippen LogP contribution is 2.04. The van der Waals surface area contributed by atoms with Crippen LogP contribution >= 0.6 is 0 Å². The average Bonchev–Trinajstić information content (AvgIpc) is 2.58. The second kappa shape index (κ2) is 3.79. The van der Waals surface area contributed by atoms with Gasteiger partial charge in [-0.2, -0.15) is 9.78 Å². The molecule has 2 rings (SSSR count). The van der Waals surface area contributed by atoms with Gasteiger partial charge in [-0.15, -0.1) is 10.2 Å². The summed E-state index contributed by atoms with van der Waals surface area (Å²) in [5.41, 5.74) is 12.0. The van der Waals surface area contributed by atoms with Crippen molar-refractivity contribution in [3.05, 3.63) is 35.9 Å². The van der Waals surface area contributed by atoms with Crippen molar-refractivity contribution in [2.24, 2.45) is 5.10 Å². The lowest BCUT2D eigenvalue weighted by molar-refractivity contribution is 0.907. The molecule has 6 nitrogen and oxygen atoms in total. The molecule has 0 spiro atoms. The topological polar surface area (TPSA) is 95.1 Å². The van der Waals surface area contributed by atoms with Gasteiger partial charge in [-0.3, -0.25) is 0 Å². The minimum atomic E-state index is 0.166. The molecule has 76 valence electrons. The van der Waals surface area contributed by atoms with Gasteiger partial charge in [0.15, 0.2) is 0 Å². The summed E-state index contributed by atoms with van der Waals surface area (Å²) in [6.07, 6.45) is 1.64. The van der Waals surface area contributed by atoms with Gasteiger partial charge in [0.05, 0.1) is 6.21 Å². The van der Waals surface area contributed by atoms with E-state index in [9.17, 15) is 0 Å². The van der Waals surface area contributed by atoms with Crippen LogP contribution in [0, 0.1) is 0 Å². The lowest BCUT2D eigenvalue weighted by Gasteiger charge is -1.96. The molecule has 0 unspecified atom stereocenters. The molecule has 1 aromatic carbocycles. The van der Waals surface area contributed by atoms with E-state index in [0.29, 0.717) is 0 Å². The molecule has 0 aliphatic carbocycles. The maximum absolute atomic E-state index is 5.50. The number of anilines is 2. The number of aromatic nitrogens is 3. The number of hydrogen-bond donors (Lipinski definition) is 2. The van der Waals surface area contributed by atoms with E-state index >= 15 is 0 Å². The molecule has 0 fully saturated rings. The molecule has 0 aliphatic rings. The van der Waals surface area contributed by atoms with Gasteiger partial charge < -0.3 is 11.5 Å². The molecule has 6 heteroatoms. The van der Waals surface area contributed by atoms with Crippen LogP contribution in [0.2, 0.25) is 0 Å². The number of nitrogens with two attached hydrogens (primary N) is 2. The Morgan fingerprint density at radius 2 is 1.67 bits per heavy atom. The van der Waals surface area contributed by atoms with Crippen molar-refractivity contribution >= 4 is 18.1 Å². The Labute approximate surface area is 86.2 Å². The largest absolute Gasteiger partial charge is 0.366 e. The van der Waals surface area contributed by atoms with Crippen molar-refractivity contribution in [1.29, 1.82) is 0 Å². The van der Waals surface area contributed by atoms with Gasteiger partial charge in [-0.05, 0) is 5.56 Å². The van der Waals surface area contributed by atoms with Crippen molar-refractivity contribution in [2.45, 2.75) is 0 Å². The van der Waals surface area contributed by atoms with E-state index < -0.39 is 0 Å². The third-order valence-corrected chi connectivity index (χ3v) is 1.81. The normalized spacial score (nSPS) is 10.9. The Kier molecular flexibility index (Phi) is 2.32. The van der Waals surface area contributed by atoms with Crippen LogP contribution < -0.4 is 11.5 Å². The molecule has 0 bridgehead atoms. The third-order valence-electron chi connectivity index (χ3n) is 1.81. The highest BCUT2D eigenvalue weighted by atomic mass is 15.5. The van der Waals surface area contributed by atoms with Gasteiger partial charge in [0, 0.05) is 0 Å². The molecule has 1 aromatic heterocycles. The first-order valence-corrected chi connectivity index (χ1v) is 4.33. The lowest BCUT2D eigenvalue weighted by Crippen LogP contribution is -2.02. The van der Waals surface area contributed by atoms with Crippen molar-refractivity contribution in [1.82, 2.24) is 14.9 Å². The van der Waals surface area contributed by atoms with Crippen LogP contribution in [-0.2, 0) is 0 Å². The van der Waals surface area contributed by atoms with Crippen molar-refractivity contribution in [3.8, 4) is 0 Å². The maximum atomic E-state index is 5.50. The maximum Gasteiger partial charge on any atom is 0.244 e. The van der Waals surface area contributed by atoms with E-state index in [1.807, 2.05) is 30.3 Å². The molecular formula is C9H10N6. The minimum absolute atomic E-state index is 0.166. The number of nitrogen functional groups attached to an aromatic ring is 2. The molecule has 15 heavy (non-hydrogen) atoms. The zero-order valence-electron chi connectivity index (χ0n) is 7.91. The Morgan fingerprint density at radius 1 is 1.07 bits per heavy atom. The van der Waals surface area contributed by atoms with Crippen LogP contribution in [0.5, 0.6) is 0 Å². The van der Waals surface area contributed by atoms with Gasteiger partial charge in [0.25, 0.3) is 0 Å². The number of nitrogens with zero attached hydrogens (tertiary/aromatic N) is 4. The molecule has 0 aliphatic heterocycles. The Hall–Kier alpha value is -2.37. The molecule has 2 aromatic rings. The van der Waals surface area contributed by atoms with Gasteiger partial charge in [0.2, 0.25) is 11.9 Å². The number of benzene rings is 1. The van der Waals surface area contributed by atoms with Crippen LogP contribution in [0.25, 0.3) is 0 Å². The van der Waals surface area contributed by atoms with Gasteiger partial charge in [0.1, 0.15) is 0 Å². The summed E-state index contributed by atoms with van der Waals surface area (Å²) in [6, 6.07) is 9.60. The van der Waals surface area contributed by atoms with Crippen molar-refractivity contribution < 1.29 is 0 Å². The van der Waals surface area contributed by atoms with Crippen molar-refractivity contribution in [3.63, 3.8) is 0 Å². The molecule has 0 atom stereocenters. The van der Waals surface area contributed by atoms with Gasteiger partial charge >= 0.3 is 0 Å². The van der Waals surface area contributed by atoms with E-state index in [-0.39, 0.29) is 11.9 Å². The van der Waals surface area contributed by atoms with Crippen LogP contribution in [0.1, 0.15) is 5.56 Å². The first kappa shape index (κ1) is 9.20. The summed E-state index contributed by atoms with van der Waals surface area (Å²) in [5, 5.41) is 11.2. The first-order valence-electron chi connectivity index (χ1n) is 4.33. The van der Waals surface area contributed by atoms with Gasteiger partial charge in [-0.1, -0.05) is 30.3 Å². The summed E-state index contributed by atoms with van der Waals surface area (Å²) < 4.78 is 1.27. The summed E-state index contributed by atoms with van der Waals surface area (Å²) in [6.45, 7) is 0.